The smallest absolute Gasteiger partial charge is 0.0608 e. The summed E-state index contributed by atoms with van der Waals surface area (Å²) in [5.41, 5.74) is 1.16. The number of nitrogens with zero attached hydrogens (tertiary/aromatic N) is 3. The van der Waals surface area contributed by atoms with Gasteiger partial charge in [0.15, 0.2) is 0 Å². The molecule has 0 bridgehead atoms. The Bertz CT molecular complexity index is 233. The molecule has 0 amide bonds. The fraction of sp³-hybridized carbons (Fsp3) is 0.833. The Hall–Kier alpha value is -0.860. The second kappa shape index (κ2) is 5.89. The average Bonchev–Trinajstić information content (AvgIpc) is 2.18. The summed E-state index contributed by atoms with van der Waals surface area (Å²) in [6, 6.07) is 0.830. The predicted octanol–water partition coefficient (Wildman–Crippen LogP) is 3.93. The van der Waals surface area contributed by atoms with Crippen molar-refractivity contribution in [3.8, 4) is 0 Å². The minimum absolute atomic E-state index is 0.415. The van der Waals surface area contributed by atoms with Crippen LogP contribution in [0, 0.1) is 0 Å². The van der Waals surface area contributed by atoms with Crippen LogP contribution in [-0.4, -0.2) is 17.1 Å². The van der Waals surface area contributed by atoms with Gasteiger partial charge in [0.05, 0.1) is 5.70 Å². The Balaban J connectivity index is 2.56. The van der Waals surface area contributed by atoms with Gasteiger partial charge in [-0.15, -0.1) is 5.11 Å². The molecule has 0 heterocycles. The molecule has 1 rings (SSSR count). The molecule has 0 aromatic carbocycles. The Kier molecular flexibility index (Phi) is 4.79. The van der Waals surface area contributed by atoms with Crippen LogP contribution in [0.2, 0.25) is 0 Å². The fourth-order valence-electron chi connectivity index (χ4n) is 1.82. The van der Waals surface area contributed by atoms with Gasteiger partial charge >= 0.3 is 0 Å². The number of allylic oxidation sites excluding steroid dienone is 2. The Morgan fingerprint density at radius 2 is 1.80 bits per heavy atom. The topological polar surface area (TPSA) is 28.0 Å². The lowest BCUT2D eigenvalue weighted by Gasteiger charge is -2.26. The molecule has 0 atom stereocenters. The molecule has 0 aromatic rings. The minimum atomic E-state index is 0.415. The maximum Gasteiger partial charge on any atom is 0.0608 e. The van der Waals surface area contributed by atoms with Gasteiger partial charge in [0.1, 0.15) is 0 Å². The van der Waals surface area contributed by atoms with Crippen molar-refractivity contribution < 1.29 is 0 Å². The monoisotopic (exact) mass is 209 g/mol. The van der Waals surface area contributed by atoms with Crippen molar-refractivity contribution in [2.75, 3.05) is 0 Å². The van der Waals surface area contributed by atoms with Gasteiger partial charge in [-0.05, 0) is 53.4 Å². The van der Waals surface area contributed by atoms with Crippen LogP contribution >= 0.6 is 0 Å². The highest BCUT2D eigenvalue weighted by Crippen LogP contribution is 2.19. The first-order valence-corrected chi connectivity index (χ1v) is 6.00. The zero-order valence-electron chi connectivity index (χ0n) is 10.4. The summed E-state index contributed by atoms with van der Waals surface area (Å²) in [6.45, 7) is 8.59. The van der Waals surface area contributed by atoms with Gasteiger partial charge < -0.3 is 0 Å². The van der Waals surface area contributed by atoms with E-state index in [0.717, 1.165) is 18.5 Å². The number of rotatable bonds is 4. The van der Waals surface area contributed by atoms with E-state index >= 15 is 0 Å². The molecule has 0 fully saturated rings. The Labute approximate surface area is 93.2 Å². The summed E-state index contributed by atoms with van der Waals surface area (Å²) in [4.78, 5) is 0. The molecule has 3 heteroatoms. The van der Waals surface area contributed by atoms with Crippen molar-refractivity contribution in [2.45, 2.75) is 65.5 Å². The normalized spacial score (nSPS) is 17.6. The fourth-order valence-corrected chi connectivity index (χ4v) is 1.82. The maximum atomic E-state index is 4.34. The number of hydrogen-bond acceptors (Lipinski definition) is 2. The molecule has 15 heavy (non-hydrogen) atoms. The van der Waals surface area contributed by atoms with Crippen LogP contribution in [0.25, 0.3) is 0 Å². The highest BCUT2D eigenvalue weighted by Gasteiger charge is 2.11. The van der Waals surface area contributed by atoms with Crippen molar-refractivity contribution >= 4 is 0 Å². The molecule has 0 radical (unpaired) electrons. The Morgan fingerprint density at radius 1 is 1.13 bits per heavy atom. The van der Waals surface area contributed by atoms with Crippen molar-refractivity contribution in [2.24, 2.45) is 10.3 Å². The third kappa shape index (κ3) is 4.02. The quantitative estimate of drug-likeness (QED) is 0.509. The van der Waals surface area contributed by atoms with Crippen LogP contribution in [0.15, 0.2) is 22.1 Å². The first kappa shape index (κ1) is 12.2. The van der Waals surface area contributed by atoms with Crippen molar-refractivity contribution in [1.82, 2.24) is 5.01 Å². The van der Waals surface area contributed by atoms with Crippen LogP contribution in [0.1, 0.15) is 53.4 Å². The van der Waals surface area contributed by atoms with E-state index in [1.807, 2.05) is 0 Å². The van der Waals surface area contributed by atoms with E-state index in [9.17, 15) is 0 Å². The highest BCUT2D eigenvalue weighted by atomic mass is 15.6. The van der Waals surface area contributed by atoms with Gasteiger partial charge in [0.2, 0.25) is 0 Å². The van der Waals surface area contributed by atoms with Crippen LogP contribution in [0.3, 0.4) is 0 Å². The van der Waals surface area contributed by atoms with Crippen LogP contribution in [0.5, 0.6) is 0 Å². The van der Waals surface area contributed by atoms with Gasteiger partial charge in [-0.2, -0.15) is 0 Å². The Morgan fingerprint density at radius 3 is 2.27 bits per heavy atom. The zero-order valence-corrected chi connectivity index (χ0v) is 10.4. The third-order valence-corrected chi connectivity index (χ3v) is 2.60. The molecule has 86 valence electrons. The molecular formula is C12H23N3. The summed E-state index contributed by atoms with van der Waals surface area (Å²) in [6.07, 6.45) is 7.03. The van der Waals surface area contributed by atoms with Gasteiger partial charge in [0.25, 0.3) is 0 Å². The lowest BCUT2D eigenvalue weighted by Crippen LogP contribution is -2.31. The van der Waals surface area contributed by atoms with Crippen molar-refractivity contribution in [3.63, 3.8) is 0 Å². The molecule has 1 aliphatic carbocycles. The molecule has 0 aliphatic heterocycles. The van der Waals surface area contributed by atoms with E-state index in [2.05, 4.69) is 49.1 Å². The first-order valence-electron chi connectivity index (χ1n) is 6.00. The van der Waals surface area contributed by atoms with E-state index in [0.29, 0.717) is 12.1 Å². The standard InChI is InChI=1S/C12H23N3/c1-10(2)15(11(3)4)14-13-12-8-6-5-7-9-12/h8,10-11H,5-7,9H2,1-4H3. The van der Waals surface area contributed by atoms with Gasteiger partial charge in [-0.1, -0.05) is 11.3 Å². The molecule has 0 unspecified atom stereocenters. The highest BCUT2D eigenvalue weighted by molar-refractivity contribution is 5.01. The summed E-state index contributed by atoms with van der Waals surface area (Å²) in [5.74, 6) is 0. The largest absolute Gasteiger partial charge is 0.274 e. The van der Waals surface area contributed by atoms with Gasteiger partial charge in [0, 0.05) is 12.1 Å². The molecule has 0 saturated carbocycles. The van der Waals surface area contributed by atoms with Gasteiger partial charge in [-0.3, -0.25) is 5.01 Å². The summed E-state index contributed by atoms with van der Waals surface area (Å²) >= 11 is 0. The molecule has 0 N–H and O–H groups in total. The summed E-state index contributed by atoms with van der Waals surface area (Å²) in [7, 11) is 0. The SMILES string of the molecule is CC(C)N(N=NC1=CCCCC1)C(C)C. The molecule has 0 saturated heterocycles. The van der Waals surface area contributed by atoms with Crippen molar-refractivity contribution in [3.05, 3.63) is 11.8 Å². The molecule has 0 aromatic heterocycles. The molecule has 3 nitrogen and oxygen atoms in total. The molecule has 0 spiro atoms. The van der Waals surface area contributed by atoms with E-state index < -0.39 is 0 Å². The summed E-state index contributed by atoms with van der Waals surface area (Å²) < 4.78 is 0. The van der Waals surface area contributed by atoms with Crippen molar-refractivity contribution in [1.29, 1.82) is 0 Å². The zero-order chi connectivity index (χ0) is 11.3. The maximum absolute atomic E-state index is 4.34. The second-order valence-corrected chi connectivity index (χ2v) is 4.70. The van der Waals surface area contributed by atoms with Crippen LogP contribution < -0.4 is 0 Å². The van der Waals surface area contributed by atoms with E-state index in [4.69, 9.17) is 0 Å². The average molecular weight is 209 g/mol. The first-order chi connectivity index (χ1) is 7.11. The molecule has 1 aliphatic rings. The van der Waals surface area contributed by atoms with Gasteiger partial charge in [-0.25, -0.2) is 0 Å². The van der Waals surface area contributed by atoms with Crippen LogP contribution in [0.4, 0.5) is 0 Å². The van der Waals surface area contributed by atoms with E-state index in [-0.39, 0.29) is 0 Å². The molecular weight excluding hydrogens is 186 g/mol. The summed E-state index contributed by atoms with van der Waals surface area (Å²) in [5, 5.41) is 10.7. The van der Waals surface area contributed by atoms with Crippen LogP contribution in [-0.2, 0) is 0 Å². The lowest BCUT2D eigenvalue weighted by atomic mass is 10.1. The van der Waals surface area contributed by atoms with E-state index in [1.54, 1.807) is 0 Å². The number of hydrogen-bond donors (Lipinski definition) is 0. The lowest BCUT2D eigenvalue weighted by molar-refractivity contribution is 0.168. The predicted molar refractivity (Wildman–Crippen MR) is 63.5 cm³/mol. The second-order valence-electron chi connectivity index (χ2n) is 4.70. The third-order valence-electron chi connectivity index (χ3n) is 2.60. The van der Waals surface area contributed by atoms with E-state index in [1.165, 1.54) is 12.8 Å². The minimum Gasteiger partial charge on any atom is -0.274 e.